The van der Waals surface area contributed by atoms with Gasteiger partial charge in [-0.1, -0.05) is 35.9 Å². The van der Waals surface area contributed by atoms with Gasteiger partial charge in [-0.05, 0) is 61.7 Å². The lowest BCUT2D eigenvalue weighted by Crippen LogP contribution is -2.33. The van der Waals surface area contributed by atoms with Gasteiger partial charge in [0.1, 0.15) is 12.4 Å². The molecule has 1 aromatic heterocycles. The summed E-state index contributed by atoms with van der Waals surface area (Å²) in [5, 5.41) is 9.46. The number of H-pyrrole nitrogens is 1. The van der Waals surface area contributed by atoms with Crippen molar-refractivity contribution in [2.75, 3.05) is 19.7 Å². The average molecular weight is 480 g/mol. The number of fused-ring (bicyclic) bond motifs is 1. The molecular formula is C26H26ClN3O4. The van der Waals surface area contributed by atoms with E-state index in [-0.39, 0.29) is 6.10 Å². The summed E-state index contributed by atoms with van der Waals surface area (Å²) >= 11 is 6.02. The Morgan fingerprint density at radius 3 is 2.76 bits per heavy atom. The molecule has 0 radical (unpaired) electrons. The molecule has 7 nitrogen and oxygen atoms in total. The van der Waals surface area contributed by atoms with Crippen LogP contribution in [-0.2, 0) is 11.3 Å². The number of aromatic nitrogens is 2. The topological polar surface area (TPSA) is 87.7 Å². The summed E-state index contributed by atoms with van der Waals surface area (Å²) < 4.78 is 12.5. The third-order valence-electron chi connectivity index (χ3n) is 6.35. The lowest BCUT2D eigenvalue weighted by atomic mass is 9.88. The van der Waals surface area contributed by atoms with Crippen molar-refractivity contribution in [1.29, 1.82) is 0 Å². The fourth-order valence-electron chi connectivity index (χ4n) is 4.61. The summed E-state index contributed by atoms with van der Waals surface area (Å²) in [5.41, 5.74) is 2.95. The second-order valence-corrected chi connectivity index (χ2v) is 9.09. The summed E-state index contributed by atoms with van der Waals surface area (Å²) in [6.45, 7) is 3.08. The number of halogens is 1. The van der Waals surface area contributed by atoms with E-state index in [0.29, 0.717) is 29.8 Å². The van der Waals surface area contributed by atoms with Crippen molar-refractivity contribution in [2.45, 2.75) is 31.4 Å². The Labute approximate surface area is 203 Å². The molecule has 1 fully saturated rings. The van der Waals surface area contributed by atoms with Gasteiger partial charge in [0.25, 0.3) is 0 Å². The van der Waals surface area contributed by atoms with Gasteiger partial charge in [-0.15, -0.1) is 0 Å². The number of carboxylic acids is 1. The zero-order valence-corrected chi connectivity index (χ0v) is 19.4. The van der Waals surface area contributed by atoms with Crippen molar-refractivity contribution in [1.82, 2.24) is 14.9 Å². The third kappa shape index (κ3) is 5.11. The molecule has 2 N–H and O–H groups in total. The smallest absolute Gasteiger partial charge is 0.328 e. The van der Waals surface area contributed by atoms with Crippen LogP contribution in [0.3, 0.4) is 0 Å². The SMILES string of the molecule is O=C(O)/C=C/c1cnc(CN2CCC(c3cccc4c3OC[C@@H](c3ccc(Cl)cc3)O4)CC2)[nH]1. The Morgan fingerprint density at radius 1 is 1.21 bits per heavy atom. The highest BCUT2D eigenvalue weighted by molar-refractivity contribution is 6.30. The molecule has 2 aliphatic rings. The number of nitrogens with zero attached hydrogens (tertiary/aromatic N) is 2. The largest absolute Gasteiger partial charge is 0.485 e. The van der Waals surface area contributed by atoms with E-state index < -0.39 is 5.97 Å². The first kappa shape index (κ1) is 22.5. The monoisotopic (exact) mass is 479 g/mol. The molecule has 2 aromatic carbocycles. The van der Waals surface area contributed by atoms with Gasteiger partial charge in [-0.3, -0.25) is 4.90 Å². The molecule has 0 saturated carbocycles. The molecule has 2 aliphatic heterocycles. The van der Waals surface area contributed by atoms with E-state index in [1.807, 2.05) is 36.4 Å². The highest BCUT2D eigenvalue weighted by Gasteiger charge is 2.29. The molecule has 176 valence electrons. The summed E-state index contributed by atoms with van der Waals surface area (Å²) in [4.78, 5) is 20.6. The number of ether oxygens (including phenoxy) is 2. The second kappa shape index (κ2) is 9.91. The Morgan fingerprint density at radius 2 is 2.00 bits per heavy atom. The Hall–Kier alpha value is -3.29. The van der Waals surface area contributed by atoms with Crippen LogP contribution in [-0.4, -0.2) is 45.6 Å². The predicted molar refractivity (Wildman–Crippen MR) is 129 cm³/mol. The summed E-state index contributed by atoms with van der Waals surface area (Å²) in [7, 11) is 0. The second-order valence-electron chi connectivity index (χ2n) is 8.65. The maximum Gasteiger partial charge on any atom is 0.328 e. The number of aromatic amines is 1. The van der Waals surface area contributed by atoms with Crippen LogP contribution in [0.25, 0.3) is 6.08 Å². The first-order chi connectivity index (χ1) is 16.5. The highest BCUT2D eigenvalue weighted by atomic mass is 35.5. The first-order valence-corrected chi connectivity index (χ1v) is 11.8. The Bertz CT molecular complexity index is 1180. The number of likely N-dealkylation sites (tertiary alicyclic amines) is 1. The van der Waals surface area contributed by atoms with Crippen LogP contribution in [0.15, 0.2) is 54.7 Å². The lowest BCUT2D eigenvalue weighted by molar-refractivity contribution is -0.131. The van der Waals surface area contributed by atoms with Crippen LogP contribution in [0.1, 0.15) is 47.5 Å². The number of rotatable bonds is 6. The predicted octanol–water partition coefficient (Wildman–Crippen LogP) is 5.05. The molecule has 0 aliphatic carbocycles. The first-order valence-electron chi connectivity index (χ1n) is 11.4. The van der Waals surface area contributed by atoms with Gasteiger partial charge in [0.05, 0.1) is 18.4 Å². The van der Waals surface area contributed by atoms with Crippen LogP contribution < -0.4 is 9.47 Å². The van der Waals surface area contributed by atoms with Crippen LogP contribution in [0.2, 0.25) is 5.02 Å². The number of nitrogens with one attached hydrogen (secondary N) is 1. The van der Waals surface area contributed by atoms with E-state index in [0.717, 1.165) is 54.9 Å². The van der Waals surface area contributed by atoms with Crippen molar-refractivity contribution in [3.05, 3.63) is 82.4 Å². The lowest BCUT2D eigenvalue weighted by Gasteiger charge is -2.34. The van der Waals surface area contributed by atoms with Gasteiger partial charge in [-0.25, -0.2) is 9.78 Å². The quantitative estimate of drug-likeness (QED) is 0.481. The van der Waals surface area contributed by atoms with Crippen molar-refractivity contribution >= 4 is 23.6 Å². The number of para-hydroxylation sites is 1. The number of benzene rings is 2. The minimum absolute atomic E-state index is 0.148. The number of carbonyl (C=O) groups is 1. The average Bonchev–Trinajstić information content (AvgIpc) is 3.30. The van der Waals surface area contributed by atoms with Gasteiger partial charge < -0.3 is 19.6 Å². The standard InChI is InChI=1S/C26H26ClN3O4/c27-19-6-4-18(5-7-19)23-16-33-26-21(2-1-3-22(26)34-23)17-10-12-30(13-11-17)15-24-28-14-20(29-24)8-9-25(31)32/h1-9,14,17,23H,10-13,15-16H2,(H,28,29)(H,31,32)/b9-8+/t23-/m0/s1. The Kier molecular flexibility index (Phi) is 6.56. The van der Waals surface area contributed by atoms with Gasteiger partial charge >= 0.3 is 5.97 Å². The number of hydrogen-bond acceptors (Lipinski definition) is 5. The number of hydrogen-bond donors (Lipinski definition) is 2. The van der Waals surface area contributed by atoms with Gasteiger partial charge in [0, 0.05) is 16.7 Å². The zero-order chi connectivity index (χ0) is 23.5. The molecule has 3 aromatic rings. The molecule has 5 rings (SSSR count). The molecule has 1 saturated heterocycles. The van der Waals surface area contributed by atoms with E-state index in [1.54, 1.807) is 6.20 Å². The zero-order valence-electron chi connectivity index (χ0n) is 18.6. The van der Waals surface area contributed by atoms with Crippen LogP contribution in [0, 0.1) is 0 Å². The number of carboxylic acid groups (broad SMARTS) is 1. The third-order valence-corrected chi connectivity index (χ3v) is 6.61. The fraction of sp³-hybridized carbons (Fsp3) is 0.308. The van der Waals surface area contributed by atoms with Crippen molar-refractivity contribution in [2.24, 2.45) is 0 Å². The Balaban J connectivity index is 1.20. The summed E-state index contributed by atoms with van der Waals surface area (Å²) in [6, 6.07) is 13.9. The van der Waals surface area contributed by atoms with Gasteiger partial charge in [-0.2, -0.15) is 0 Å². The normalized spacial score (nSPS) is 18.9. The molecule has 8 heteroatoms. The molecule has 3 heterocycles. The number of imidazole rings is 1. The molecule has 0 amide bonds. The van der Waals surface area contributed by atoms with E-state index in [9.17, 15) is 4.79 Å². The molecular weight excluding hydrogens is 454 g/mol. The highest BCUT2D eigenvalue weighted by Crippen LogP contribution is 2.44. The van der Waals surface area contributed by atoms with Crippen LogP contribution in [0.5, 0.6) is 11.5 Å². The maximum atomic E-state index is 10.7. The summed E-state index contributed by atoms with van der Waals surface area (Å²) in [5.74, 6) is 1.94. The van der Waals surface area contributed by atoms with E-state index in [2.05, 4.69) is 20.9 Å². The number of piperidine rings is 1. The molecule has 34 heavy (non-hydrogen) atoms. The van der Waals surface area contributed by atoms with E-state index in [1.165, 1.54) is 11.6 Å². The van der Waals surface area contributed by atoms with Gasteiger partial charge in [0.15, 0.2) is 17.6 Å². The minimum atomic E-state index is -0.976. The van der Waals surface area contributed by atoms with Gasteiger partial charge in [0.2, 0.25) is 0 Å². The van der Waals surface area contributed by atoms with Crippen molar-refractivity contribution in [3.63, 3.8) is 0 Å². The maximum absolute atomic E-state index is 10.7. The van der Waals surface area contributed by atoms with E-state index >= 15 is 0 Å². The fourth-order valence-corrected chi connectivity index (χ4v) is 4.73. The summed E-state index contributed by atoms with van der Waals surface area (Å²) in [6.07, 6.45) is 6.17. The van der Waals surface area contributed by atoms with Crippen LogP contribution >= 0.6 is 11.6 Å². The molecule has 0 spiro atoms. The minimum Gasteiger partial charge on any atom is -0.485 e. The van der Waals surface area contributed by atoms with Crippen LogP contribution in [0.4, 0.5) is 0 Å². The number of aliphatic carboxylic acids is 1. The van der Waals surface area contributed by atoms with Crippen molar-refractivity contribution in [3.8, 4) is 11.5 Å². The van der Waals surface area contributed by atoms with Crippen molar-refractivity contribution < 1.29 is 19.4 Å². The van der Waals surface area contributed by atoms with E-state index in [4.69, 9.17) is 26.2 Å². The molecule has 0 unspecified atom stereocenters. The molecule has 0 bridgehead atoms. The molecule has 1 atom stereocenters.